The number of methoxy groups -OCH3 is 4. The van der Waals surface area contributed by atoms with Crippen molar-refractivity contribution in [1.29, 1.82) is 0 Å². The molecule has 0 saturated carbocycles. The molecule has 32 heavy (non-hydrogen) atoms. The van der Waals surface area contributed by atoms with Crippen LogP contribution in [0, 0.1) is 11.6 Å². The van der Waals surface area contributed by atoms with E-state index in [-0.39, 0.29) is 24.5 Å². The molecule has 0 unspecified atom stereocenters. The Balaban J connectivity index is 2.72. The Kier molecular flexibility index (Phi) is 8.44. The lowest BCUT2D eigenvalue weighted by Crippen LogP contribution is -2.37. The third-order valence-electron chi connectivity index (χ3n) is 4.68. The van der Waals surface area contributed by atoms with Crippen molar-refractivity contribution in [2.45, 2.75) is 19.8 Å². The van der Waals surface area contributed by atoms with Crippen LogP contribution in [0.25, 0.3) is 0 Å². The number of anilines is 1. The van der Waals surface area contributed by atoms with Crippen LogP contribution < -0.4 is 15.1 Å². The van der Waals surface area contributed by atoms with Crippen molar-refractivity contribution >= 4 is 17.6 Å². The Morgan fingerprint density at radius 1 is 1.12 bits per heavy atom. The van der Waals surface area contributed by atoms with Gasteiger partial charge in [-0.2, -0.15) is 0 Å². The van der Waals surface area contributed by atoms with Gasteiger partial charge in [-0.05, 0) is 19.1 Å². The molecule has 0 radical (unpaired) electrons. The summed E-state index contributed by atoms with van der Waals surface area (Å²) in [6.07, 6.45) is 0.277. The van der Waals surface area contributed by atoms with E-state index in [9.17, 15) is 23.2 Å². The molecule has 0 aliphatic rings. The Labute approximate surface area is 183 Å². The fourth-order valence-corrected chi connectivity index (χ4v) is 3.11. The number of carbonyl (C=O) groups excluding carboxylic acids is 2. The predicted molar refractivity (Wildman–Crippen MR) is 110 cm³/mol. The molecular weight excluding hydrogens is 430 g/mol. The molecule has 174 valence electrons. The van der Waals surface area contributed by atoms with Gasteiger partial charge in [0, 0.05) is 33.0 Å². The van der Waals surface area contributed by atoms with Gasteiger partial charge < -0.3 is 28.4 Å². The number of carbonyl (C=O) groups is 2. The standard InChI is InChI=1S/C21H24F2N2O7/c1-6-25(15-8-7-12(22)9-14(15)23)20(27)13-10-24(11-16(29-2)30-3)17(21(28)32-5)19(31-4)18(13)26/h7-10,16H,6,11H2,1-5H3. The molecule has 0 saturated heterocycles. The summed E-state index contributed by atoms with van der Waals surface area (Å²) in [7, 11) is 5.01. The molecule has 11 heteroatoms. The van der Waals surface area contributed by atoms with Crippen molar-refractivity contribution < 1.29 is 37.3 Å². The van der Waals surface area contributed by atoms with Crippen LogP contribution in [-0.4, -0.2) is 57.7 Å². The van der Waals surface area contributed by atoms with Crippen LogP contribution in [0.5, 0.6) is 5.75 Å². The summed E-state index contributed by atoms with van der Waals surface area (Å²) in [6, 6.07) is 2.72. The van der Waals surface area contributed by atoms with Gasteiger partial charge in [0.25, 0.3) is 5.91 Å². The third-order valence-corrected chi connectivity index (χ3v) is 4.68. The normalized spacial score (nSPS) is 10.9. The van der Waals surface area contributed by atoms with Crippen LogP contribution in [-0.2, 0) is 20.8 Å². The van der Waals surface area contributed by atoms with Gasteiger partial charge in [0.05, 0.1) is 26.5 Å². The molecule has 9 nitrogen and oxygen atoms in total. The van der Waals surface area contributed by atoms with Crippen LogP contribution in [0.15, 0.2) is 29.2 Å². The number of pyridine rings is 1. The minimum Gasteiger partial charge on any atom is -0.491 e. The maximum absolute atomic E-state index is 14.3. The van der Waals surface area contributed by atoms with E-state index >= 15 is 0 Å². The van der Waals surface area contributed by atoms with E-state index in [1.807, 2.05) is 0 Å². The quantitative estimate of drug-likeness (QED) is 0.423. The van der Waals surface area contributed by atoms with Crippen molar-refractivity contribution in [3.05, 3.63) is 57.5 Å². The predicted octanol–water partition coefficient (Wildman–Crippen LogP) is 2.21. The van der Waals surface area contributed by atoms with Crippen LogP contribution in [0.2, 0.25) is 0 Å². The molecule has 2 rings (SSSR count). The number of esters is 1. The molecule has 1 aromatic heterocycles. The zero-order valence-electron chi connectivity index (χ0n) is 18.3. The fraction of sp³-hybridized carbons (Fsp3) is 0.381. The van der Waals surface area contributed by atoms with Gasteiger partial charge in [0.2, 0.25) is 5.43 Å². The summed E-state index contributed by atoms with van der Waals surface area (Å²) < 4.78 is 49.0. The molecule has 1 aromatic carbocycles. The van der Waals surface area contributed by atoms with Crippen molar-refractivity contribution in [3.63, 3.8) is 0 Å². The molecule has 0 spiro atoms. The van der Waals surface area contributed by atoms with Gasteiger partial charge in [-0.25, -0.2) is 13.6 Å². The molecule has 0 aliphatic carbocycles. The summed E-state index contributed by atoms with van der Waals surface area (Å²) >= 11 is 0. The van der Waals surface area contributed by atoms with Crippen LogP contribution in [0.4, 0.5) is 14.5 Å². The maximum Gasteiger partial charge on any atom is 0.358 e. The molecular formula is C21H24F2N2O7. The van der Waals surface area contributed by atoms with E-state index in [2.05, 4.69) is 0 Å². The highest BCUT2D eigenvalue weighted by Crippen LogP contribution is 2.23. The SMILES string of the molecule is CCN(C(=O)c1cn(CC(OC)OC)c(C(=O)OC)c(OC)c1=O)c1ccc(F)cc1F. The largest absolute Gasteiger partial charge is 0.491 e. The van der Waals surface area contributed by atoms with Gasteiger partial charge in [-0.1, -0.05) is 0 Å². The zero-order chi connectivity index (χ0) is 24.0. The number of aromatic nitrogens is 1. The smallest absolute Gasteiger partial charge is 0.358 e. The highest BCUT2D eigenvalue weighted by atomic mass is 19.1. The third kappa shape index (κ3) is 4.94. The van der Waals surface area contributed by atoms with Gasteiger partial charge in [0.15, 0.2) is 17.7 Å². The second kappa shape index (κ2) is 10.8. The number of hydrogen-bond acceptors (Lipinski definition) is 7. The van der Waals surface area contributed by atoms with Gasteiger partial charge in [-0.3, -0.25) is 9.59 Å². The number of hydrogen-bond donors (Lipinski definition) is 0. The van der Waals surface area contributed by atoms with Crippen molar-refractivity contribution in [2.75, 3.05) is 39.9 Å². The minimum atomic E-state index is -0.975. The fourth-order valence-electron chi connectivity index (χ4n) is 3.11. The summed E-state index contributed by atoms with van der Waals surface area (Å²) in [5.74, 6) is -3.99. The van der Waals surface area contributed by atoms with Crippen LogP contribution >= 0.6 is 0 Å². The van der Waals surface area contributed by atoms with E-state index < -0.39 is 46.5 Å². The topological polar surface area (TPSA) is 96.3 Å². The van der Waals surface area contributed by atoms with Gasteiger partial charge in [-0.15, -0.1) is 0 Å². The molecule has 1 heterocycles. The summed E-state index contributed by atoms with van der Waals surface area (Å²) in [4.78, 5) is 39.6. The Hall–Kier alpha value is -3.31. The molecule has 0 aliphatic heterocycles. The number of benzene rings is 1. The Morgan fingerprint density at radius 2 is 1.78 bits per heavy atom. The number of halogens is 2. The second-order valence-corrected chi connectivity index (χ2v) is 6.44. The first-order valence-corrected chi connectivity index (χ1v) is 9.46. The van der Waals surface area contributed by atoms with E-state index in [1.54, 1.807) is 6.92 Å². The first kappa shape index (κ1) is 25.0. The lowest BCUT2D eigenvalue weighted by Gasteiger charge is -2.24. The maximum atomic E-state index is 14.3. The number of nitrogens with zero attached hydrogens (tertiary/aromatic N) is 2. The summed E-state index contributed by atoms with van der Waals surface area (Å²) in [5, 5.41) is 0. The van der Waals surface area contributed by atoms with Crippen LogP contribution in [0.1, 0.15) is 27.8 Å². The molecule has 0 fully saturated rings. The molecule has 0 N–H and O–H groups in total. The summed E-state index contributed by atoms with van der Waals surface area (Å²) in [5.41, 5.74) is -1.79. The highest BCUT2D eigenvalue weighted by molar-refractivity contribution is 6.06. The van der Waals surface area contributed by atoms with E-state index in [0.29, 0.717) is 6.07 Å². The zero-order valence-corrected chi connectivity index (χ0v) is 18.3. The van der Waals surface area contributed by atoms with E-state index in [0.717, 1.165) is 37.4 Å². The van der Waals surface area contributed by atoms with Crippen LogP contribution in [0.3, 0.4) is 0 Å². The number of amides is 1. The molecule has 0 atom stereocenters. The van der Waals surface area contributed by atoms with E-state index in [1.165, 1.54) is 18.8 Å². The molecule has 0 bridgehead atoms. The Morgan fingerprint density at radius 3 is 2.28 bits per heavy atom. The lowest BCUT2D eigenvalue weighted by atomic mass is 10.1. The average Bonchev–Trinajstić information content (AvgIpc) is 2.78. The second-order valence-electron chi connectivity index (χ2n) is 6.44. The van der Waals surface area contributed by atoms with E-state index in [4.69, 9.17) is 18.9 Å². The lowest BCUT2D eigenvalue weighted by molar-refractivity contribution is -0.111. The monoisotopic (exact) mass is 454 g/mol. The highest BCUT2D eigenvalue weighted by Gasteiger charge is 2.29. The summed E-state index contributed by atoms with van der Waals surface area (Å²) in [6.45, 7) is 1.43. The van der Waals surface area contributed by atoms with Crippen molar-refractivity contribution in [1.82, 2.24) is 4.57 Å². The number of rotatable bonds is 9. The first-order valence-electron chi connectivity index (χ1n) is 9.46. The van der Waals surface area contributed by atoms with Gasteiger partial charge in [0.1, 0.15) is 17.2 Å². The van der Waals surface area contributed by atoms with Crippen molar-refractivity contribution in [2.24, 2.45) is 0 Å². The molecule has 2 aromatic rings. The first-order chi connectivity index (χ1) is 15.2. The molecule has 1 amide bonds. The average molecular weight is 454 g/mol. The van der Waals surface area contributed by atoms with Crippen molar-refractivity contribution in [3.8, 4) is 5.75 Å². The van der Waals surface area contributed by atoms with Gasteiger partial charge >= 0.3 is 5.97 Å². The Bertz CT molecular complexity index is 1050. The number of ether oxygens (including phenoxy) is 4. The minimum absolute atomic E-state index is 0.0271.